The van der Waals surface area contributed by atoms with Crippen molar-refractivity contribution >= 4 is 12.4 Å². The number of benzene rings is 1. The number of carboxylic acids is 1. The minimum atomic E-state index is -0.872. The van der Waals surface area contributed by atoms with Gasteiger partial charge in [-0.3, -0.25) is 4.79 Å². The second-order valence-corrected chi connectivity index (χ2v) is 16.3. The van der Waals surface area contributed by atoms with Crippen LogP contribution in [0.5, 0.6) is 0 Å². The Bertz CT molecular complexity index is 1190. The molecule has 1 aromatic rings. The summed E-state index contributed by atoms with van der Waals surface area (Å²) in [5, 5.41) is 18.9. The van der Waals surface area contributed by atoms with E-state index in [1.165, 1.54) is 64.2 Å². The van der Waals surface area contributed by atoms with Gasteiger partial charge in [-0.2, -0.15) is 0 Å². The predicted octanol–water partition coefficient (Wildman–Crippen LogP) is 8.93. The molecule has 0 bridgehead atoms. The number of aromatic carboxylic acids is 1. The van der Waals surface area contributed by atoms with E-state index in [1.807, 2.05) is 19.9 Å². The zero-order valence-corrected chi connectivity index (χ0v) is 28.8. The molecule has 7 unspecified atom stereocenters. The van der Waals surface area contributed by atoms with Gasteiger partial charge in [0.05, 0.1) is 5.56 Å². The third kappa shape index (κ3) is 5.58. The maximum Gasteiger partial charge on any atom is 0.335 e. The highest BCUT2D eigenvalue weighted by molar-refractivity contribution is 5.87. The number of fused-ring (bicyclic) bond motifs is 7. The molecule has 1 aromatic carbocycles. The Morgan fingerprint density at radius 2 is 1.64 bits per heavy atom. The number of aliphatic hydroxyl groups is 1. The van der Waals surface area contributed by atoms with Crippen molar-refractivity contribution in [3.8, 4) is 0 Å². The zero-order chi connectivity index (χ0) is 32.6. The number of likely N-dealkylation sites (tertiary alicyclic amines) is 1. The number of carbonyl (C=O) groups is 2. The van der Waals surface area contributed by atoms with Crippen molar-refractivity contribution in [2.75, 3.05) is 13.2 Å². The molecule has 5 heteroatoms. The minimum absolute atomic E-state index is 0.0455. The van der Waals surface area contributed by atoms with Gasteiger partial charge in [0, 0.05) is 18.7 Å². The summed E-state index contributed by atoms with van der Waals surface area (Å²) in [4.78, 5) is 24.4. The molecule has 1 amide bonds. The summed E-state index contributed by atoms with van der Waals surface area (Å²) in [5.41, 5.74) is 2.62. The van der Waals surface area contributed by atoms with Crippen molar-refractivity contribution in [2.24, 2.45) is 45.3 Å². The van der Waals surface area contributed by atoms with E-state index in [9.17, 15) is 14.7 Å². The molecule has 5 aliphatic rings. The summed E-state index contributed by atoms with van der Waals surface area (Å²) in [6.07, 6.45) is 17.1. The molecule has 5 fully saturated rings. The molecule has 44 heavy (non-hydrogen) atoms. The lowest BCUT2D eigenvalue weighted by molar-refractivity contribution is -0.226. The molecule has 1 saturated heterocycles. The van der Waals surface area contributed by atoms with E-state index in [0.717, 1.165) is 42.7 Å². The van der Waals surface area contributed by atoms with Crippen molar-refractivity contribution < 1.29 is 19.8 Å². The lowest BCUT2D eigenvalue weighted by Crippen LogP contribution is -2.66. The Kier molecular flexibility index (Phi) is 10.2. The molecule has 8 atom stereocenters. The van der Waals surface area contributed by atoms with E-state index < -0.39 is 5.97 Å². The number of nitrogens with zero attached hydrogens (tertiary/aromatic N) is 1. The van der Waals surface area contributed by atoms with Gasteiger partial charge in [-0.1, -0.05) is 51.0 Å². The number of hydrogen-bond donors (Lipinski definition) is 2. The van der Waals surface area contributed by atoms with E-state index in [0.29, 0.717) is 34.3 Å². The van der Waals surface area contributed by atoms with Crippen LogP contribution in [0.4, 0.5) is 0 Å². The number of hydrogen-bond acceptors (Lipinski definition) is 3. The fourth-order valence-corrected chi connectivity index (χ4v) is 11.9. The first-order valence-electron chi connectivity index (χ1n) is 17.4. The number of amides is 1. The van der Waals surface area contributed by atoms with Gasteiger partial charge in [-0.15, -0.1) is 6.58 Å². The van der Waals surface area contributed by atoms with Gasteiger partial charge < -0.3 is 15.1 Å². The van der Waals surface area contributed by atoms with Crippen LogP contribution < -0.4 is 0 Å². The number of rotatable bonds is 3. The second kappa shape index (κ2) is 12.9. The van der Waals surface area contributed by atoms with Crippen molar-refractivity contribution in [3.63, 3.8) is 0 Å². The highest BCUT2D eigenvalue weighted by Crippen LogP contribution is 2.75. The molecule has 6 rings (SSSR count). The van der Waals surface area contributed by atoms with E-state index in [-0.39, 0.29) is 11.0 Å². The molecule has 0 radical (unpaired) electrons. The normalized spacial score (nSPS) is 40.1. The summed E-state index contributed by atoms with van der Waals surface area (Å²) in [6.45, 7) is 21.1. The second-order valence-electron chi connectivity index (χ2n) is 16.3. The van der Waals surface area contributed by atoms with Gasteiger partial charge in [-0.25, -0.2) is 4.79 Å². The maximum absolute atomic E-state index is 12.0. The number of allylic oxidation sites excluding steroid dienone is 1. The third-order valence-electron chi connectivity index (χ3n) is 14.2. The van der Waals surface area contributed by atoms with Crippen molar-refractivity contribution in [1.82, 2.24) is 4.90 Å². The first-order valence-corrected chi connectivity index (χ1v) is 17.4. The van der Waals surface area contributed by atoms with Gasteiger partial charge in [0.15, 0.2) is 0 Å². The Labute approximate surface area is 267 Å². The van der Waals surface area contributed by atoms with E-state index in [2.05, 4.69) is 46.1 Å². The average Bonchev–Trinajstić information content (AvgIpc) is 3.37. The number of carboxylic acid groups (broad SMARTS) is 1. The first kappa shape index (κ1) is 34.7. The van der Waals surface area contributed by atoms with Gasteiger partial charge in [0.2, 0.25) is 6.41 Å². The van der Waals surface area contributed by atoms with Crippen LogP contribution in [0.3, 0.4) is 0 Å². The summed E-state index contributed by atoms with van der Waals surface area (Å²) in [6, 6.07) is 6.82. The highest BCUT2D eigenvalue weighted by Gasteiger charge is 2.69. The Balaban J connectivity index is 0.000000285. The average molecular weight is 608 g/mol. The zero-order valence-electron chi connectivity index (χ0n) is 28.8. The number of aryl methyl sites for hydroxylation is 1. The molecule has 0 aromatic heterocycles. The standard InChI is InChI=1S/C28H47NO2.C8H8O2.C3H6/c1-24(2)22-11-14-27(5)23(25(22,3)12-7-17-29(24)19-31)10-9-20-21-8-6-13-28(21,18-30)16-15-26(20,27)4;1-6-3-2-4-7(5-6)8(9)10;1-3-2/h19-23,30H,6-18H2,1-5H3;2-5H,1H3,(H,9,10);3H,1H2,2H3/t20?,21?,22?,23?,25?,26-,27?,28?;;/m1../s1. The van der Waals surface area contributed by atoms with Crippen LogP contribution in [-0.2, 0) is 4.79 Å². The van der Waals surface area contributed by atoms with Crippen LogP contribution in [0.2, 0.25) is 0 Å². The van der Waals surface area contributed by atoms with Gasteiger partial charge >= 0.3 is 5.97 Å². The Hall–Kier alpha value is -2.14. The van der Waals surface area contributed by atoms with Crippen LogP contribution >= 0.6 is 0 Å². The van der Waals surface area contributed by atoms with Crippen LogP contribution in [0.25, 0.3) is 0 Å². The summed E-state index contributed by atoms with van der Waals surface area (Å²) >= 11 is 0. The van der Waals surface area contributed by atoms with Gasteiger partial charge in [0.1, 0.15) is 0 Å². The minimum Gasteiger partial charge on any atom is -0.478 e. The molecule has 4 saturated carbocycles. The van der Waals surface area contributed by atoms with Gasteiger partial charge in [0.25, 0.3) is 0 Å². The monoisotopic (exact) mass is 607 g/mol. The molecule has 1 aliphatic heterocycles. The smallest absolute Gasteiger partial charge is 0.335 e. The Morgan fingerprint density at radius 3 is 2.23 bits per heavy atom. The lowest BCUT2D eigenvalue weighted by Gasteiger charge is -2.71. The number of aliphatic hydroxyl groups excluding tert-OH is 1. The van der Waals surface area contributed by atoms with Crippen molar-refractivity contribution in [1.29, 1.82) is 0 Å². The lowest BCUT2D eigenvalue weighted by atomic mass is 9.34. The van der Waals surface area contributed by atoms with E-state index >= 15 is 0 Å². The quantitative estimate of drug-likeness (QED) is 0.266. The van der Waals surface area contributed by atoms with E-state index in [1.54, 1.807) is 24.3 Å². The Morgan fingerprint density at radius 1 is 0.932 bits per heavy atom. The fourth-order valence-electron chi connectivity index (χ4n) is 11.9. The molecular weight excluding hydrogens is 546 g/mol. The fraction of sp³-hybridized carbons (Fsp3) is 0.744. The van der Waals surface area contributed by atoms with E-state index in [4.69, 9.17) is 5.11 Å². The maximum atomic E-state index is 12.0. The van der Waals surface area contributed by atoms with Crippen molar-refractivity contribution in [2.45, 2.75) is 125 Å². The largest absolute Gasteiger partial charge is 0.478 e. The molecular formula is C39H61NO4. The van der Waals surface area contributed by atoms with Gasteiger partial charge in [-0.05, 0) is 149 Å². The van der Waals surface area contributed by atoms with Crippen LogP contribution in [-0.4, -0.2) is 46.2 Å². The summed E-state index contributed by atoms with van der Waals surface area (Å²) < 4.78 is 0. The van der Waals surface area contributed by atoms with Crippen LogP contribution in [0, 0.1) is 52.3 Å². The molecule has 5 nitrogen and oxygen atoms in total. The van der Waals surface area contributed by atoms with Crippen LogP contribution in [0.15, 0.2) is 36.9 Å². The molecule has 2 N–H and O–H groups in total. The molecule has 1 heterocycles. The molecule has 246 valence electrons. The highest BCUT2D eigenvalue weighted by atomic mass is 16.4. The third-order valence-corrected chi connectivity index (χ3v) is 14.2. The molecule has 4 aliphatic carbocycles. The number of carbonyl (C=O) groups excluding carboxylic acids is 1. The van der Waals surface area contributed by atoms with Crippen LogP contribution in [0.1, 0.15) is 128 Å². The van der Waals surface area contributed by atoms with Crippen molar-refractivity contribution in [3.05, 3.63) is 48.0 Å². The topological polar surface area (TPSA) is 77.8 Å². The predicted molar refractivity (Wildman–Crippen MR) is 179 cm³/mol. The summed E-state index contributed by atoms with van der Waals surface area (Å²) in [5.74, 6) is 2.02. The molecule has 0 spiro atoms. The SMILES string of the molecule is C=CC.CC12CCCN(C=O)C(C)(C)C1CCC1(C)C2CCC2C3CCCC3(CO)CC[C@]21C.Cc1cccc(C(=O)O)c1. The summed E-state index contributed by atoms with van der Waals surface area (Å²) in [7, 11) is 0. The first-order chi connectivity index (χ1) is 20.7.